The zero-order chi connectivity index (χ0) is 20.2. The molecule has 5 rings (SSSR count). The minimum absolute atomic E-state index is 0.0562. The number of carbonyl (C=O) groups is 2. The molecule has 0 amide bonds. The molecule has 0 aromatic heterocycles. The Morgan fingerprint density at radius 3 is 2.28 bits per heavy atom. The van der Waals surface area contributed by atoms with Crippen molar-refractivity contribution in [1.29, 1.82) is 0 Å². The first-order valence-electron chi connectivity index (χ1n) is 9.81. The van der Waals surface area contributed by atoms with Gasteiger partial charge in [0.25, 0.3) is 0 Å². The fourth-order valence-corrected chi connectivity index (χ4v) is 5.15. The van der Waals surface area contributed by atoms with E-state index in [2.05, 4.69) is 25.1 Å². The van der Waals surface area contributed by atoms with Crippen molar-refractivity contribution >= 4 is 17.3 Å². The van der Waals surface area contributed by atoms with Crippen molar-refractivity contribution in [2.75, 3.05) is 0 Å². The highest BCUT2D eigenvalue weighted by Gasteiger charge is 2.55. The number of ketones is 1. The summed E-state index contributed by atoms with van der Waals surface area (Å²) >= 11 is 0. The number of aromatic carboxylic acids is 1. The van der Waals surface area contributed by atoms with Crippen LogP contribution in [0.15, 0.2) is 78.9 Å². The van der Waals surface area contributed by atoms with Gasteiger partial charge >= 0.3 is 5.97 Å². The molecule has 3 heteroatoms. The van der Waals surface area contributed by atoms with E-state index in [-0.39, 0.29) is 17.3 Å². The Bertz CT molecular complexity index is 1190. The first-order valence-corrected chi connectivity index (χ1v) is 9.81. The number of allylic oxidation sites excluding steroid dienone is 2. The van der Waals surface area contributed by atoms with E-state index in [1.807, 2.05) is 48.5 Å². The van der Waals surface area contributed by atoms with E-state index in [4.69, 9.17) is 0 Å². The van der Waals surface area contributed by atoms with Crippen molar-refractivity contribution in [2.45, 2.75) is 24.7 Å². The summed E-state index contributed by atoms with van der Waals surface area (Å²) in [6, 6.07) is 22.9. The van der Waals surface area contributed by atoms with E-state index in [0.29, 0.717) is 0 Å². The second-order valence-corrected chi connectivity index (χ2v) is 7.81. The van der Waals surface area contributed by atoms with Gasteiger partial charge in [-0.25, -0.2) is 4.79 Å². The van der Waals surface area contributed by atoms with E-state index in [1.165, 1.54) is 5.56 Å². The van der Waals surface area contributed by atoms with Crippen LogP contribution in [0.3, 0.4) is 0 Å². The van der Waals surface area contributed by atoms with Gasteiger partial charge in [0.15, 0.2) is 5.78 Å². The van der Waals surface area contributed by atoms with Gasteiger partial charge in [0.2, 0.25) is 0 Å². The maximum absolute atomic E-state index is 14.0. The number of carbonyl (C=O) groups excluding carboxylic acids is 1. The lowest BCUT2D eigenvalue weighted by atomic mass is 9.64. The average molecular weight is 380 g/mol. The van der Waals surface area contributed by atoms with Crippen LogP contribution in [0, 0.1) is 0 Å². The number of hydrogen-bond donors (Lipinski definition) is 1. The van der Waals surface area contributed by atoms with E-state index < -0.39 is 11.4 Å². The quantitative estimate of drug-likeness (QED) is 0.674. The maximum atomic E-state index is 14.0. The SMILES string of the molecule is CC1c2ccccc2C(=O)C1(C1=CCc2ccccc21)c1ccc(C(=O)O)cc1. The van der Waals surface area contributed by atoms with Gasteiger partial charge in [-0.2, -0.15) is 0 Å². The molecule has 29 heavy (non-hydrogen) atoms. The lowest BCUT2D eigenvalue weighted by Crippen LogP contribution is -2.37. The summed E-state index contributed by atoms with van der Waals surface area (Å²) in [5, 5.41) is 9.31. The zero-order valence-electron chi connectivity index (χ0n) is 16.1. The predicted octanol–water partition coefficient (Wildman–Crippen LogP) is 5.26. The third-order valence-electron chi connectivity index (χ3n) is 6.53. The largest absolute Gasteiger partial charge is 0.478 e. The van der Waals surface area contributed by atoms with Gasteiger partial charge in [0, 0.05) is 11.5 Å². The Labute approximate surface area is 169 Å². The Morgan fingerprint density at radius 1 is 0.931 bits per heavy atom. The monoisotopic (exact) mass is 380 g/mol. The number of hydrogen-bond acceptors (Lipinski definition) is 2. The first-order chi connectivity index (χ1) is 14.0. The highest BCUT2D eigenvalue weighted by Crippen LogP contribution is 2.57. The Hall–Kier alpha value is -3.46. The van der Waals surface area contributed by atoms with Gasteiger partial charge in [-0.05, 0) is 46.4 Å². The lowest BCUT2D eigenvalue weighted by Gasteiger charge is -2.35. The van der Waals surface area contributed by atoms with Crippen molar-refractivity contribution < 1.29 is 14.7 Å². The van der Waals surface area contributed by atoms with Gasteiger partial charge in [-0.15, -0.1) is 0 Å². The number of rotatable bonds is 3. The van der Waals surface area contributed by atoms with Crippen LogP contribution >= 0.6 is 0 Å². The summed E-state index contributed by atoms with van der Waals surface area (Å²) in [6.45, 7) is 2.11. The van der Waals surface area contributed by atoms with Crippen LogP contribution in [0.4, 0.5) is 0 Å². The smallest absolute Gasteiger partial charge is 0.335 e. The van der Waals surface area contributed by atoms with Crippen molar-refractivity contribution in [3.05, 3.63) is 112 Å². The van der Waals surface area contributed by atoms with Crippen LogP contribution in [0.5, 0.6) is 0 Å². The molecular weight excluding hydrogens is 360 g/mol. The minimum Gasteiger partial charge on any atom is -0.478 e. The minimum atomic E-state index is -0.967. The van der Waals surface area contributed by atoms with Crippen molar-refractivity contribution in [3.63, 3.8) is 0 Å². The molecule has 1 N–H and O–H groups in total. The average Bonchev–Trinajstić information content (AvgIpc) is 3.27. The summed E-state index contributed by atoms with van der Waals surface area (Å²) < 4.78 is 0. The third kappa shape index (κ3) is 2.31. The molecule has 3 aromatic carbocycles. The normalized spacial score (nSPS) is 22.2. The summed E-state index contributed by atoms with van der Waals surface area (Å²) in [7, 11) is 0. The predicted molar refractivity (Wildman–Crippen MR) is 112 cm³/mol. The molecule has 0 bridgehead atoms. The van der Waals surface area contributed by atoms with E-state index in [1.54, 1.807) is 12.1 Å². The second kappa shape index (κ2) is 6.28. The second-order valence-electron chi connectivity index (χ2n) is 7.81. The Morgan fingerprint density at radius 2 is 1.59 bits per heavy atom. The van der Waals surface area contributed by atoms with Crippen molar-refractivity contribution in [2.24, 2.45) is 0 Å². The molecule has 0 aliphatic heterocycles. The van der Waals surface area contributed by atoms with Crippen LogP contribution in [-0.2, 0) is 11.8 Å². The molecule has 2 atom stereocenters. The van der Waals surface area contributed by atoms with Crippen LogP contribution in [0.2, 0.25) is 0 Å². The number of benzene rings is 3. The van der Waals surface area contributed by atoms with E-state index in [0.717, 1.165) is 34.2 Å². The molecular formula is C26H20O3. The number of fused-ring (bicyclic) bond motifs is 2. The highest BCUT2D eigenvalue weighted by atomic mass is 16.4. The van der Waals surface area contributed by atoms with Crippen LogP contribution in [0.25, 0.3) is 5.57 Å². The standard InChI is InChI=1S/C26H20O3/c1-16-20-7-4-5-9-22(20)24(27)26(16,19-13-10-18(11-14-19)25(28)29)23-15-12-17-6-2-3-8-21(17)23/h2-11,13-16H,12H2,1H3,(H,28,29). The first kappa shape index (κ1) is 17.6. The maximum Gasteiger partial charge on any atom is 0.335 e. The topological polar surface area (TPSA) is 54.4 Å². The molecule has 0 saturated carbocycles. The molecule has 2 unspecified atom stereocenters. The van der Waals surface area contributed by atoms with Crippen molar-refractivity contribution in [1.82, 2.24) is 0 Å². The van der Waals surface area contributed by atoms with Gasteiger partial charge in [-0.1, -0.05) is 73.7 Å². The molecule has 0 fully saturated rings. The van der Waals surface area contributed by atoms with Gasteiger partial charge in [0.1, 0.15) is 0 Å². The molecule has 0 radical (unpaired) electrons. The molecule has 2 aliphatic rings. The van der Waals surface area contributed by atoms with E-state index >= 15 is 0 Å². The van der Waals surface area contributed by atoms with Gasteiger partial charge < -0.3 is 5.11 Å². The molecule has 0 spiro atoms. The van der Waals surface area contributed by atoms with Gasteiger partial charge in [0.05, 0.1) is 11.0 Å². The summed E-state index contributed by atoms with van der Waals surface area (Å²) in [5.41, 5.74) is 5.39. The third-order valence-corrected chi connectivity index (χ3v) is 6.53. The van der Waals surface area contributed by atoms with Crippen molar-refractivity contribution in [3.8, 4) is 0 Å². The fraction of sp³-hybridized carbons (Fsp3) is 0.154. The number of carboxylic acids is 1. The number of carboxylic acid groups (broad SMARTS) is 1. The molecule has 3 nitrogen and oxygen atoms in total. The Balaban J connectivity index is 1.78. The lowest BCUT2D eigenvalue weighted by molar-refractivity contribution is 0.0696. The zero-order valence-corrected chi connectivity index (χ0v) is 16.1. The van der Waals surface area contributed by atoms with Crippen LogP contribution in [0.1, 0.15) is 55.8 Å². The number of Topliss-reactive ketones (excluding diaryl/α,β-unsaturated/α-hetero) is 1. The Kier molecular flexibility index (Phi) is 3.82. The van der Waals surface area contributed by atoms with Gasteiger partial charge in [-0.3, -0.25) is 4.79 Å². The fourth-order valence-electron chi connectivity index (χ4n) is 5.15. The molecule has 142 valence electrons. The summed E-state index contributed by atoms with van der Waals surface area (Å²) in [5.74, 6) is -0.934. The molecule has 2 aliphatic carbocycles. The molecule has 3 aromatic rings. The molecule has 0 saturated heterocycles. The van der Waals surface area contributed by atoms with Crippen LogP contribution < -0.4 is 0 Å². The molecule has 0 heterocycles. The van der Waals surface area contributed by atoms with E-state index in [9.17, 15) is 14.7 Å². The summed E-state index contributed by atoms with van der Waals surface area (Å²) in [6.07, 6.45) is 2.98. The highest BCUT2D eigenvalue weighted by molar-refractivity contribution is 6.18. The summed E-state index contributed by atoms with van der Waals surface area (Å²) in [4.78, 5) is 25.4. The van der Waals surface area contributed by atoms with Crippen LogP contribution in [-0.4, -0.2) is 16.9 Å².